The Morgan fingerprint density at radius 2 is 1.66 bits per heavy atom. The van der Waals surface area contributed by atoms with Gasteiger partial charge in [-0.05, 0) is 63.1 Å². The first kappa shape index (κ1) is 22.7. The van der Waals surface area contributed by atoms with Gasteiger partial charge in [-0.2, -0.15) is 5.10 Å². The number of nitrogens with zero attached hydrogens (tertiary/aromatic N) is 2. The van der Waals surface area contributed by atoms with E-state index in [0.29, 0.717) is 22.5 Å². The number of aryl methyl sites for hydroxylation is 2. The Hall–Kier alpha value is -3.94. The molecule has 2 amide bonds. The van der Waals surface area contributed by atoms with Gasteiger partial charge in [0.05, 0.1) is 30.7 Å². The van der Waals surface area contributed by atoms with E-state index >= 15 is 0 Å². The molecule has 2 aromatic carbocycles. The first-order chi connectivity index (χ1) is 15.3. The van der Waals surface area contributed by atoms with Gasteiger partial charge in [0.15, 0.2) is 0 Å². The molecule has 166 valence electrons. The Labute approximate surface area is 186 Å². The van der Waals surface area contributed by atoms with E-state index in [2.05, 4.69) is 15.7 Å². The van der Waals surface area contributed by atoms with Gasteiger partial charge in [-0.3, -0.25) is 9.59 Å². The fraction of sp³-hybridized carbons (Fsp3) is 0.250. The molecule has 0 saturated heterocycles. The molecule has 0 atom stereocenters. The summed E-state index contributed by atoms with van der Waals surface area (Å²) in [6.45, 7) is 7.49. The number of hydrogen-bond acceptors (Lipinski definition) is 5. The minimum atomic E-state index is -0.425. The van der Waals surface area contributed by atoms with E-state index in [4.69, 9.17) is 4.74 Å². The molecule has 3 rings (SSSR count). The SMILES string of the molecule is CCOC(=O)c1cnn(-c2ccc(C(=O)NCC(=O)Nc3c(C)cccc3C)cc2)c1C. The molecule has 0 bridgehead atoms. The van der Waals surface area contributed by atoms with Crippen LogP contribution in [0.4, 0.5) is 5.69 Å². The summed E-state index contributed by atoms with van der Waals surface area (Å²) >= 11 is 0. The van der Waals surface area contributed by atoms with Gasteiger partial charge in [-0.15, -0.1) is 0 Å². The van der Waals surface area contributed by atoms with Gasteiger partial charge in [0.2, 0.25) is 5.91 Å². The maximum atomic E-state index is 12.4. The van der Waals surface area contributed by atoms with E-state index < -0.39 is 5.97 Å². The average Bonchev–Trinajstić information content (AvgIpc) is 3.16. The summed E-state index contributed by atoms with van der Waals surface area (Å²) in [5.41, 5.74) is 4.81. The Bertz CT molecular complexity index is 1130. The minimum absolute atomic E-state index is 0.143. The van der Waals surface area contributed by atoms with Crippen molar-refractivity contribution in [1.82, 2.24) is 15.1 Å². The molecule has 8 nitrogen and oxygen atoms in total. The third kappa shape index (κ3) is 5.03. The number of aromatic nitrogens is 2. The smallest absolute Gasteiger partial charge is 0.341 e. The summed E-state index contributed by atoms with van der Waals surface area (Å²) in [7, 11) is 0. The van der Waals surface area contributed by atoms with Crippen molar-refractivity contribution in [2.45, 2.75) is 27.7 Å². The number of carbonyl (C=O) groups is 3. The molecule has 32 heavy (non-hydrogen) atoms. The predicted molar refractivity (Wildman–Crippen MR) is 121 cm³/mol. The molecule has 1 aromatic heterocycles. The lowest BCUT2D eigenvalue weighted by atomic mass is 10.1. The number of nitrogens with one attached hydrogen (secondary N) is 2. The Balaban J connectivity index is 1.62. The molecule has 2 N–H and O–H groups in total. The van der Waals surface area contributed by atoms with Crippen LogP contribution in [0.3, 0.4) is 0 Å². The molecular weight excluding hydrogens is 408 g/mol. The van der Waals surface area contributed by atoms with Gasteiger partial charge in [0, 0.05) is 11.3 Å². The zero-order chi connectivity index (χ0) is 23.3. The highest BCUT2D eigenvalue weighted by Gasteiger charge is 2.16. The maximum absolute atomic E-state index is 12.4. The van der Waals surface area contributed by atoms with Gasteiger partial charge < -0.3 is 15.4 Å². The van der Waals surface area contributed by atoms with Crippen molar-refractivity contribution in [1.29, 1.82) is 0 Å². The standard InChI is InChI=1S/C24H26N4O4/c1-5-32-24(31)20-13-26-28(17(20)4)19-11-9-18(10-12-19)23(30)25-14-21(29)27-22-15(2)7-6-8-16(22)3/h6-13H,5,14H2,1-4H3,(H,25,30)(H,27,29). The maximum Gasteiger partial charge on any atom is 0.341 e. The number of benzene rings is 2. The van der Waals surface area contributed by atoms with Crippen LogP contribution in [0.5, 0.6) is 0 Å². The van der Waals surface area contributed by atoms with E-state index in [0.717, 1.165) is 16.8 Å². The second-order valence-corrected chi connectivity index (χ2v) is 7.32. The van der Waals surface area contributed by atoms with Crippen molar-refractivity contribution >= 4 is 23.5 Å². The molecule has 1 heterocycles. The van der Waals surface area contributed by atoms with Crippen molar-refractivity contribution in [2.24, 2.45) is 0 Å². The summed E-state index contributed by atoms with van der Waals surface area (Å²) in [5.74, 6) is -1.09. The molecular formula is C24H26N4O4. The molecule has 0 aliphatic rings. The average molecular weight is 434 g/mol. The Morgan fingerprint density at radius 3 is 2.28 bits per heavy atom. The van der Waals surface area contributed by atoms with Crippen LogP contribution in [0, 0.1) is 20.8 Å². The molecule has 0 radical (unpaired) electrons. The van der Waals surface area contributed by atoms with Crippen molar-refractivity contribution < 1.29 is 19.1 Å². The van der Waals surface area contributed by atoms with Crippen molar-refractivity contribution in [3.05, 3.63) is 76.6 Å². The van der Waals surface area contributed by atoms with Crippen LogP contribution < -0.4 is 10.6 Å². The summed E-state index contributed by atoms with van der Waals surface area (Å²) in [5, 5.41) is 9.71. The zero-order valence-electron chi connectivity index (χ0n) is 18.6. The summed E-state index contributed by atoms with van der Waals surface area (Å²) < 4.78 is 6.63. The van der Waals surface area contributed by atoms with Gasteiger partial charge in [-0.25, -0.2) is 9.48 Å². The molecule has 0 aliphatic carbocycles. The summed E-state index contributed by atoms with van der Waals surface area (Å²) in [6, 6.07) is 12.5. The summed E-state index contributed by atoms with van der Waals surface area (Å²) in [6.07, 6.45) is 1.46. The number of carbonyl (C=O) groups excluding carboxylic acids is 3. The molecule has 0 spiro atoms. The molecule has 0 fully saturated rings. The topological polar surface area (TPSA) is 102 Å². The van der Waals surface area contributed by atoms with Crippen LogP contribution in [0.2, 0.25) is 0 Å². The second-order valence-electron chi connectivity index (χ2n) is 7.32. The van der Waals surface area contributed by atoms with Gasteiger partial charge in [-0.1, -0.05) is 18.2 Å². The molecule has 0 aliphatic heterocycles. The Kier molecular flexibility index (Phi) is 7.04. The number of esters is 1. The third-order valence-corrected chi connectivity index (χ3v) is 5.03. The number of anilines is 1. The molecule has 3 aromatic rings. The van der Waals surface area contributed by atoms with Gasteiger partial charge in [0.25, 0.3) is 5.91 Å². The highest BCUT2D eigenvalue weighted by Crippen LogP contribution is 2.19. The van der Waals surface area contributed by atoms with Crippen molar-refractivity contribution in [3.8, 4) is 5.69 Å². The van der Waals surface area contributed by atoms with Gasteiger partial charge in [0.1, 0.15) is 5.56 Å². The van der Waals surface area contributed by atoms with E-state index in [1.165, 1.54) is 6.20 Å². The van der Waals surface area contributed by atoms with Gasteiger partial charge >= 0.3 is 5.97 Å². The zero-order valence-corrected chi connectivity index (χ0v) is 18.6. The fourth-order valence-electron chi connectivity index (χ4n) is 3.29. The third-order valence-electron chi connectivity index (χ3n) is 5.03. The second kappa shape index (κ2) is 9.91. The van der Waals surface area contributed by atoms with Crippen LogP contribution >= 0.6 is 0 Å². The highest BCUT2D eigenvalue weighted by atomic mass is 16.5. The van der Waals surface area contributed by atoms with Crippen LogP contribution in [-0.4, -0.2) is 40.7 Å². The predicted octanol–water partition coefficient (Wildman–Crippen LogP) is 3.34. The largest absolute Gasteiger partial charge is 0.462 e. The van der Waals surface area contributed by atoms with Crippen molar-refractivity contribution in [3.63, 3.8) is 0 Å². The normalized spacial score (nSPS) is 10.5. The lowest BCUT2D eigenvalue weighted by Gasteiger charge is -2.12. The first-order valence-corrected chi connectivity index (χ1v) is 10.3. The quantitative estimate of drug-likeness (QED) is 0.555. The van der Waals surface area contributed by atoms with E-state index in [1.54, 1.807) is 42.8 Å². The molecule has 0 saturated carbocycles. The number of para-hydroxylation sites is 1. The Morgan fingerprint density at radius 1 is 1.00 bits per heavy atom. The lowest BCUT2D eigenvalue weighted by Crippen LogP contribution is -2.33. The van der Waals surface area contributed by atoms with E-state index in [-0.39, 0.29) is 25.0 Å². The van der Waals surface area contributed by atoms with E-state index in [9.17, 15) is 14.4 Å². The first-order valence-electron chi connectivity index (χ1n) is 10.3. The molecule has 8 heteroatoms. The fourth-order valence-corrected chi connectivity index (χ4v) is 3.29. The number of ether oxygens (including phenoxy) is 1. The van der Waals surface area contributed by atoms with Crippen LogP contribution in [0.25, 0.3) is 5.69 Å². The summed E-state index contributed by atoms with van der Waals surface area (Å²) in [4.78, 5) is 36.7. The van der Waals surface area contributed by atoms with E-state index in [1.807, 2.05) is 32.0 Å². The van der Waals surface area contributed by atoms with Crippen LogP contribution in [-0.2, 0) is 9.53 Å². The monoisotopic (exact) mass is 434 g/mol. The lowest BCUT2D eigenvalue weighted by molar-refractivity contribution is -0.115. The number of amides is 2. The van der Waals surface area contributed by atoms with Crippen molar-refractivity contribution in [2.75, 3.05) is 18.5 Å². The number of hydrogen-bond donors (Lipinski definition) is 2. The molecule has 0 unspecified atom stereocenters. The van der Waals surface area contributed by atoms with Crippen LogP contribution in [0.1, 0.15) is 44.5 Å². The number of rotatable bonds is 7. The minimum Gasteiger partial charge on any atom is -0.462 e. The highest BCUT2D eigenvalue weighted by molar-refractivity contribution is 6.00. The van der Waals surface area contributed by atoms with Crippen LogP contribution in [0.15, 0.2) is 48.7 Å².